The Hall–Kier alpha value is -3.87. The molecule has 0 aliphatic carbocycles. The Morgan fingerprint density at radius 3 is 2.81 bits per heavy atom. The van der Waals surface area contributed by atoms with Gasteiger partial charge in [0.15, 0.2) is 0 Å². The minimum Gasteiger partial charge on any atom is -0.507 e. The number of hydrogen-bond acceptors (Lipinski definition) is 5. The van der Waals surface area contributed by atoms with Crippen LogP contribution in [0.15, 0.2) is 54.7 Å². The summed E-state index contributed by atoms with van der Waals surface area (Å²) in [6.45, 7) is 4.09. The number of nitrogens with zero attached hydrogens (tertiary/aromatic N) is 2. The van der Waals surface area contributed by atoms with Crippen molar-refractivity contribution >= 4 is 16.9 Å². The van der Waals surface area contributed by atoms with Crippen LogP contribution in [-0.4, -0.2) is 39.1 Å². The van der Waals surface area contributed by atoms with Crippen molar-refractivity contribution in [3.05, 3.63) is 60.3 Å². The van der Waals surface area contributed by atoms with Crippen molar-refractivity contribution in [3.63, 3.8) is 0 Å². The van der Waals surface area contributed by atoms with Gasteiger partial charge in [-0.1, -0.05) is 19.4 Å². The number of aromatic nitrogens is 3. The molecule has 0 fully saturated rings. The number of imidazole rings is 1. The summed E-state index contributed by atoms with van der Waals surface area (Å²) < 4.78 is 5.37. The predicted molar refractivity (Wildman–Crippen MR) is 125 cm³/mol. The van der Waals surface area contributed by atoms with Gasteiger partial charge >= 0.3 is 0 Å². The summed E-state index contributed by atoms with van der Waals surface area (Å²) in [5.74, 6) is 1.00. The van der Waals surface area contributed by atoms with Gasteiger partial charge in [-0.15, -0.1) is 0 Å². The molecule has 164 valence electrons. The van der Waals surface area contributed by atoms with E-state index in [1.54, 1.807) is 43.6 Å². The monoisotopic (exact) mass is 430 g/mol. The Labute approximate surface area is 186 Å². The predicted octanol–water partition coefficient (Wildman–Crippen LogP) is 4.92. The van der Waals surface area contributed by atoms with E-state index in [1.165, 1.54) is 0 Å². The van der Waals surface area contributed by atoms with E-state index in [2.05, 4.69) is 27.2 Å². The van der Waals surface area contributed by atoms with Gasteiger partial charge in [0.05, 0.1) is 23.7 Å². The van der Waals surface area contributed by atoms with Crippen molar-refractivity contribution in [2.75, 3.05) is 7.11 Å². The molecule has 1 unspecified atom stereocenters. The number of ether oxygens (including phenoxy) is 1. The Kier molecular flexibility index (Phi) is 6.07. The molecule has 7 heteroatoms. The first kappa shape index (κ1) is 21.4. The molecule has 2 aromatic carbocycles. The first-order chi connectivity index (χ1) is 15.5. The van der Waals surface area contributed by atoms with E-state index in [0.29, 0.717) is 28.3 Å². The lowest BCUT2D eigenvalue weighted by molar-refractivity contribution is 0.0938. The second-order valence-electron chi connectivity index (χ2n) is 7.77. The third-order valence-electron chi connectivity index (χ3n) is 5.37. The highest BCUT2D eigenvalue weighted by atomic mass is 16.5. The molecule has 4 aromatic rings. The fraction of sp³-hybridized carbons (Fsp3) is 0.240. The Morgan fingerprint density at radius 1 is 1.19 bits per heavy atom. The van der Waals surface area contributed by atoms with Crippen LogP contribution in [0.3, 0.4) is 0 Å². The molecule has 4 rings (SSSR count). The maximum absolute atomic E-state index is 12.6. The van der Waals surface area contributed by atoms with Gasteiger partial charge < -0.3 is 20.1 Å². The number of rotatable bonds is 7. The van der Waals surface area contributed by atoms with Crippen LogP contribution < -0.4 is 10.1 Å². The summed E-state index contributed by atoms with van der Waals surface area (Å²) in [6, 6.07) is 14.5. The molecule has 3 N–H and O–H groups in total. The second kappa shape index (κ2) is 9.09. The van der Waals surface area contributed by atoms with Crippen molar-refractivity contribution < 1.29 is 14.6 Å². The maximum atomic E-state index is 12.6. The van der Waals surface area contributed by atoms with Gasteiger partial charge in [-0.05, 0) is 61.4 Å². The van der Waals surface area contributed by atoms with Crippen molar-refractivity contribution in [2.24, 2.45) is 0 Å². The van der Waals surface area contributed by atoms with E-state index in [9.17, 15) is 9.90 Å². The van der Waals surface area contributed by atoms with Gasteiger partial charge in [-0.3, -0.25) is 4.79 Å². The standard InChI is InChI=1S/C25H26N4O3/c1-4-6-15(2)27-24(31)17-8-10-20-21(14-17)29-23(28-20)19-13-16(9-11-22(19)30)18-7-5-12-26-25(18)32-3/h5,7-15,30H,4,6H2,1-3H3,(H,27,31)(H,28,29). The quantitative estimate of drug-likeness (QED) is 0.386. The Morgan fingerprint density at radius 2 is 2.03 bits per heavy atom. The fourth-order valence-electron chi connectivity index (χ4n) is 3.76. The zero-order chi connectivity index (χ0) is 22.7. The minimum atomic E-state index is -0.113. The van der Waals surface area contributed by atoms with Crippen LogP contribution in [0, 0.1) is 0 Å². The molecule has 32 heavy (non-hydrogen) atoms. The molecular formula is C25H26N4O3. The molecule has 0 aliphatic rings. The van der Waals surface area contributed by atoms with Crippen LogP contribution in [0.2, 0.25) is 0 Å². The summed E-state index contributed by atoms with van der Waals surface area (Å²) in [5.41, 5.74) is 4.20. The van der Waals surface area contributed by atoms with Gasteiger partial charge in [-0.2, -0.15) is 0 Å². The topological polar surface area (TPSA) is 100 Å². The van der Waals surface area contributed by atoms with Crippen molar-refractivity contribution in [1.82, 2.24) is 20.3 Å². The van der Waals surface area contributed by atoms with Crippen LogP contribution in [0.1, 0.15) is 37.0 Å². The Balaban J connectivity index is 1.69. The molecule has 0 radical (unpaired) electrons. The number of phenolic OH excluding ortho intramolecular Hbond substituents is 1. The number of hydrogen-bond donors (Lipinski definition) is 3. The molecule has 2 aromatic heterocycles. The molecule has 0 bridgehead atoms. The lowest BCUT2D eigenvalue weighted by Gasteiger charge is -2.12. The SMILES string of the molecule is CCCC(C)NC(=O)c1ccc2nc(-c3cc(-c4cccnc4OC)ccc3O)[nH]c2c1. The molecule has 1 amide bonds. The molecule has 0 saturated carbocycles. The number of pyridine rings is 1. The largest absolute Gasteiger partial charge is 0.507 e. The van der Waals surface area contributed by atoms with Gasteiger partial charge in [0, 0.05) is 23.4 Å². The maximum Gasteiger partial charge on any atom is 0.251 e. The molecule has 0 aliphatic heterocycles. The normalized spacial score (nSPS) is 12.0. The first-order valence-electron chi connectivity index (χ1n) is 10.6. The summed E-state index contributed by atoms with van der Waals surface area (Å²) in [5, 5.41) is 13.5. The van der Waals surface area contributed by atoms with E-state index in [0.717, 1.165) is 29.5 Å². The van der Waals surface area contributed by atoms with Crippen LogP contribution in [-0.2, 0) is 0 Å². The number of benzene rings is 2. The lowest BCUT2D eigenvalue weighted by Crippen LogP contribution is -2.32. The van der Waals surface area contributed by atoms with Crippen LogP contribution in [0.4, 0.5) is 0 Å². The number of H-pyrrole nitrogens is 1. The number of carbonyl (C=O) groups excluding carboxylic acids is 1. The Bertz CT molecular complexity index is 1270. The van der Waals surface area contributed by atoms with Gasteiger partial charge in [0.2, 0.25) is 5.88 Å². The number of phenols is 1. The summed E-state index contributed by atoms with van der Waals surface area (Å²) in [6.07, 6.45) is 3.61. The lowest BCUT2D eigenvalue weighted by atomic mass is 10.0. The highest BCUT2D eigenvalue weighted by Gasteiger charge is 2.15. The van der Waals surface area contributed by atoms with Gasteiger partial charge in [0.1, 0.15) is 11.6 Å². The van der Waals surface area contributed by atoms with E-state index >= 15 is 0 Å². The number of fused-ring (bicyclic) bond motifs is 1. The van der Waals surface area contributed by atoms with Gasteiger partial charge in [-0.25, -0.2) is 9.97 Å². The highest BCUT2D eigenvalue weighted by Crippen LogP contribution is 2.35. The third-order valence-corrected chi connectivity index (χ3v) is 5.37. The summed E-state index contributed by atoms with van der Waals surface area (Å²) in [4.78, 5) is 24.7. The second-order valence-corrected chi connectivity index (χ2v) is 7.77. The van der Waals surface area contributed by atoms with Crippen molar-refractivity contribution in [2.45, 2.75) is 32.7 Å². The average molecular weight is 431 g/mol. The first-order valence-corrected chi connectivity index (χ1v) is 10.6. The number of methoxy groups -OCH3 is 1. The third kappa shape index (κ3) is 4.27. The number of aromatic hydroxyl groups is 1. The van der Waals surface area contributed by atoms with Crippen LogP contribution in [0.25, 0.3) is 33.5 Å². The van der Waals surface area contributed by atoms with Gasteiger partial charge in [0.25, 0.3) is 5.91 Å². The molecule has 0 saturated heterocycles. The van der Waals surface area contributed by atoms with Crippen molar-refractivity contribution in [1.29, 1.82) is 0 Å². The van der Waals surface area contributed by atoms with Crippen LogP contribution in [0.5, 0.6) is 11.6 Å². The highest BCUT2D eigenvalue weighted by molar-refractivity contribution is 5.98. The smallest absolute Gasteiger partial charge is 0.251 e. The number of nitrogens with one attached hydrogen (secondary N) is 2. The van der Waals surface area contributed by atoms with E-state index in [4.69, 9.17) is 4.74 Å². The number of carbonyl (C=O) groups is 1. The van der Waals surface area contributed by atoms with E-state index < -0.39 is 0 Å². The van der Waals surface area contributed by atoms with Crippen molar-refractivity contribution in [3.8, 4) is 34.1 Å². The molecule has 1 atom stereocenters. The number of amides is 1. The molecule has 2 heterocycles. The fourth-order valence-corrected chi connectivity index (χ4v) is 3.76. The summed E-state index contributed by atoms with van der Waals surface area (Å²) in [7, 11) is 1.57. The zero-order valence-electron chi connectivity index (χ0n) is 18.3. The number of aromatic amines is 1. The molecule has 7 nitrogen and oxygen atoms in total. The zero-order valence-corrected chi connectivity index (χ0v) is 18.3. The summed E-state index contributed by atoms with van der Waals surface area (Å²) >= 11 is 0. The molecule has 0 spiro atoms. The van der Waals surface area contributed by atoms with Crippen LogP contribution >= 0.6 is 0 Å². The minimum absolute atomic E-state index is 0.0991. The van der Waals surface area contributed by atoms with E-state index in [-0.39, 0.29) is 17.7 Å². The van der Waals surface area contributed by atoms with E-state index in [1.807, 2.05) is 25.1 Å². The average Bonchev–Trinajstić information content (AvgIpc) is 3.22. The molecular weight excluding hydrogens is 404 g/mol.